The average molecular weight is 536 g/mol. The van der Waals surface area contributed by atoms with Crippen LogP contribution in [0.3, 0.4) is 0 Å². The Morgan fingerprint density at radius 2 is 1.54 bits per heavy atom. The Balaban J connectivity index is 2.43. The largest absolute Gasteiger partial charge is 0.458 e. The second kappa shape index (κ2) is 15.6. The molecular weight excluding hydrogens is 494 g/mol. The lowest BCUT2D eigenvalue weighted by atomic mass is 9.86. The molecule has 210 valence electrons. The van der Waals surface area contributed by atoms with Gasteiger partial charge in [-0.1, -0.05) is 56.8 Å². The molecule has 0 spiro atoms. The van der Waals surface area contributed by atoms with Crippen LogP contribution in [-0.2, 0) is 30.5 Å². The molecule has 7 heteroatoms. The molecule has 1 atom stereocenters. The van der Waals surface area contributed by atoms with E-state index in [1.165, 1.54) is 0 Å². The molecule has 0 aromatic heterocycles. The lowest BCUT2D eigenvalue weighted by molar-refractivity contribution is -0.140. The van der Waals surface area contributed by atoms with Crippen molar-refractivity contribution in [3.8, 4) is 5.75 Å². The molecule has 2 aromatic carbocycles. The lowest BCUT2D eigenvalue weighted by Crippen LogP contribution is -2.38. The molecule has 0 heterocycles. The van der Waals surface area contributed by atoms with E-state index in [1.807, 2.05) is 24.3 Å². The molecule has 7 nitrogen and oxygen atoms in total. The summed E-state index contributed by atoms with van der Waals surface area (Å²) in [4.78, 5) is 38.6. The first-order chi connectivity index (χ1) is 18.5. The van der Waals surface area contributed by atoms with E-state index in [0.29, 0.717) is 17.8 Å². The number of benzene rings is 2. The van der Waals surface area contributed by atoms with E-state index in [-0.39, 0.29) is 24.4 Å². The maximum Gasteiger partial charge on any atom is 0.335 e. The smallest absolute Gasteiger partial charge is 0.335 e. The summed E-state index contributed by atoms with van der Waals surface area (Å²) in [7, 11) is 0. The zero-order valence-electron chi connectivity index (χ0n) is 23.9. The third kappa shape index (κ3) is 10.2. The van der Waals surface area contributed by atoms with Crippen molar-refractivity contribution in [1.82, 2.24) is 4.90 Å². The molecule has 0 unspecified atom stereocenters. The first-order valence-corrected chi connectivity index (χ1v) is 13.3. The van der Waals surface area contributed by atoms with Crippen molar-refractivity contribution >= 4 is 17.9 Å². The van der Waals surface area contributed by atoms with Gasteiger partial charge >= 0.3 is 17.9 Å². The molecule has 39 heavy (non-hydrogen) atoms. The van der Waals surface area contributed by atoms with Gasteiger partial charge < -0.3 is 14.2 Å². The maximum absolute atomic E-state index is 12.6. The second-order valence-corrected chi connectivity index (χ2v) is 10.2. The fourth-order valence-electron chi connectivity index (χ4n) is 4.32. The van der Waals surface area contributed by atoms with Gasteiger partial charge in [-0.05, 0) is 63.9 Å². The van der Waals surface area contributed by atoms with E-state index < -0.39 is 11.9 Å². The highest BCUT2D eigenvalue weighted by atomic mass is 16.5. The van der Waals surface area contributed by atoms with Crippen LogP contribution in [0.25, 0.3) is 0 Å². The molecule has 0 bridgehead atoms. The van der Waals surface area contributed by atoms with E-state index in [4.69, 9.17) is 9.47 Å². The van der Waals surface area contributed by atoms with Crippen molar-refractivity contribution in [1.29, 1.82) is 0 Å². The maximum atomic E-state index is 12.6. The van der Waals surface area contributed by atoms with Crippen LogP contribution in [0.2, 0.25) is 0 Å². The summed E-state index contributed by atoms with van der Waals surface area (Å²) < 4.78 is 15.7. The molecule has 0 N–H and O–H groups in total. The van der Waals surface area contributed by atoms with Crippen molar-refractivity contribution in [2.45, 2.75) is 72.6 Å². The van der Waals surface area contributed by atoms with Crippen LogP contribution in [0, 0.1) is 5.92 Å². The fourth-order valence-corrected chi connectivity index (χ4v) is 4.32. The van der Waals surface area contributed by atoms with Crippen LogP contribution < -0.4 is 4.74 Å². The van der Waals surface area contributed by atoms with Crippen molar-refractivity contribution < 1.29 is 28.6 Å². The van der Waals surface area contributed by atoms with Gasteiger partial charge in [-0.15, -0.1) is 0 Å². The number of hydrogen-bond donors (Lipinski definition) is 0. The molecule has 0 fully saturated rings. The second-order valence-electron chi connectivity index (χ2n) is 10.2. The average Bonchev–Trinajstić information content (AvgIpc) is 2.89. The number of carbonyl (C=O) groups is 3. The van der Waals surface area contributed by atoms with Crippen LogP contribution >= 0.6 is 0 Å². The minimum Gasteiger partial charge on any atom is -0.458 e. The molecule has 0 aliphatic heterocycles. The topological polar surface area (TPSA) is 82.1 Å². The molecule has 0 radical (unpaired) electrons. The van der Waals surface area contributed by atoms with Gasteiger partial charge in [0.15, 0.2) is 0 Å². The Morgan fingerprint density at radius 1 is 0.897 bits per heavy atom. The number of rotatable bonds is 14. The summed E-state index contributed by atoms with van der Waals surface area (Å²) in [5, 5.41) is 0. The lowest BCUT2D eigenvalue weighted by Gasteiger charge is -2.32. The Labute approximate surface area is 232 Å². The zero-order valence-corrected chi connectivity index (χ0v) is 23.9. The Kier molecular flexibility index (Phi) is 12.6. The number of esters is 3. The van der Waals surface area contributed by atoms with Crippen molar-refractivity contribution in [2.24, 2.45) is 5.92 Å². The Bertz CT molecular complexity index is 1130. The van der Waals surface area contributed by atoms with E-state index in [1.54, 1.807) is 26.0 Å². The molecule has 0 aliphatic rings. The molecule has 2 aromatic rings. The number of ether oxygens (including phenoxy) is 3. The molecule has 0 saturated heterocycles. The Morgan fingerprint density at radius 3 is 2.13 bits per heavy atom. The van der Waals surface area contributed by atoms with Crippen molar-refractivity contribution in [2.75, 3.05) is 6.54 Å². The van der Waals surface area contributed by atoms with Crippen molar-refractivity contribution in [3.63, 3.8) is 0 Å². The van der Waals surface area contributed by atoms with Gasteiger partial charge in [0.25, 0.3) is 0 Å². The first kappa shape index (κ1) is 31.5. The summed E-state index contributed by atoms with van der Waals surface area (Å²) in [5.74, 6) is -1.58. The first-order valence-electron chi connectivity index (χ1n) is 13.3. The van der Waals surface area contributed by atoms with E-state index in [0.717, 1.165) is 48.1 Å². The fraction of sp³-hybridized carbons (Fsp3) is 0.406. The van der Waals surface area contributed by atoms with Crippen LogP contribution in [0.4, 0.5) is 0 Å². The molecule has 0 aliphatic carbocycles. The van der Waals surface area contributed by atoms with Gasteiger partial charge in [0, 0.05) is 35.7 Å². The van der Waals surface area contributed by atoms with E-state index >= 15 is 0 Å². The van der Waals surface area contributed by atoms with E-state index in [9.17, 15) is 14.4 Å². The molecule has 0 amide bonds. The quantitative estimate of drug-likeness (QED) is 0.124. The van der Waals surface area contributed by atoms with Crippen molar-refractivity contribution in [3.05, 3.63) is 90.2 Å². The minimum atomic E-state index is -0.719. The van der Waals surface area contributed by atoms with Gasteiger partial charge in [0.05, 0.1) is 12.2 Å². The monoisotopic (exact) mass is 535 g/mol. The summed E-state index contributed by atoms with van der Waals surface area (Å²) in [5.41, 5.74) is 2.68. The number of hydrogen-bond acceptors (Lipinski definition) is 7. The standard InChI is InChI=1S/C32H41NO6/c1-8-37-30(34)16-17-31(35)38-21-25-14-15-29(39-32(36)22(2)3)28(20-25)27(26-12-10-9-11-13-26)18-19-33(23(4)5)24(6)7/h8-17,20,22-24,27H,1,18-19,21H2,2-7H3/b17-16+/t27-/m1/s1. The van der Waals surface area contributed by atoms with Crippen LogP contribution in [-0.4, -0.2) is 41.4 Å². The molecular formula is C32H41NO6. The number of carbonyl (C=O) groups excluding carboxylic acids is 3. The highest BCUT2D eigenvalue weighted by Gasteiger charge is 2.24. The Hall–Kier alpha value is -3.71. The predicted molar refractivity (Wildman–Crippen MR) is 152 cm³/mol. The van der Waals surface area contributed by atoms with Crippen LogP contribution in [0.5, 0.6) is 5.75 Å². The van der Waals surface area contributed by atoms with Crippen LogP contribution in [0.1, 0.15) is 70.6 Å². The van der Waals surface area contributed by atoms with Gasteiger partial charge in [0.1, 0.15) is 12.4 Å². The predicted octanol–water partition coefficient (Wildman–Crippen LogP) is 6.17. The van der Waals surface area contributed by atoms with Gasteiger partial charge in [-0.2, -0.15) is 0 Å². The summed E-state index contributed by atoms with van der Waals surface area (Å²) in [6, 6.07) is 16.3. The summed E-state index contributed by atoms with van der Waals surface area (Å²) in [6.45, 7) is 16.5. The van der Waals surface area contributed by atoms with Gasteiger partial charge in [-0.25, -0.2) is 9.59 Å². The minimum absolute atomic E-state index is 0.0172. The SMILES string of the molecule is C=COC(=O)/C=C/C(=O)OCc1ccc(OC(=O)C(C)C)c([C@H](CCN(C(C)C)C(C)C)c2ccccc2)c1. The van der Waals surface area contributed by atoms with E-state index in [2.05, 4.69) is 56.0 Å². The third-order valence-electron chi connectivity index (χ3n) is 6.27. The van der Waals surface area contributed by atoms with Crippen LogP contribution in [0.15, 0.2) is 73.5 Å². The molecule has 0 saturated carbocycles. The third-order valence-corrected chi connectivity index (χ3v) is 6.27. The molecule has 2 rings (SSSR count). The summed E-state index contributed by atoms with van der Waals surface area (Å²) >= 11 is 0. The highest BCUT2D eigenvalue weighted by molar-refractivity contribution is 5.91. The number of nitrogens with zero attached hydrogens (tertiary/aromatic N) is 1. The zero-order chi connectivity index (χ0) is 28.9. The van der Waals surface area contributed by atoms with Gasteiger partial charge in [-0.3, -0.25) is 9.69 Å². The van der Waals surface area contributed by atoms with Gasteiger partial charge in [0.2, 0.25) is 0 Å². The normalized spacial score (nSPS) is 12.3. The highest BCUT2D eigenvalue weighted by Crippen LogP contribution is 2.36. The summed E-state index contributed by atoms with van der Waals surface area (Å²) in [6.07, 6.45) is 3.76.